The monoisotopic (exact) mass is 558 g/mol. The van der Waals surface area contributed by atoms with E-state index < -0.39 is 5.92 Å². The molecule has 2 aromatic carbocycles. The van der Waals surface area contributed by atoms with Crippen molar-refractivity contribution in [2.45, 2.75) is 63.6 Å². The standard InChI is InChI=1S/C34H42N2O5/c1-3-11-27(21-32(38)36-22-29-16-9-8-15-26(29)20-31(36)23-37)33(39)35-18-10-17-30(35)24-41-34(40)28(12-4-2)19-25-13-6-5-7-14-25/h3-9,13-16,27-28,30-31,37H,1-2,10-12,17-24H2/t27-,28+,30+,31+/m1/s1. The van der Waals surface area contributed by atoms with Gasteiger partial charge in [0.15, 0.2) is 0 Å². The fourth-order valence-electron chi connectivity index (χ4n) is 6.04. The predicted octanol–water partition coefficient (Wildman–Crippen LogP) is 4.48. The maximum absolute atomic E-state index is 13.7. The Morgan fingerprint density at radius 1 is 0.927 bits per heavy atom. The summed E-state index contributed by atoms with van der Waals surface area (Å²) in [7, 11) is 0. The molecule has 1 N–H and O–H groups in total. The van der Waals surface area contributed by atoms with Gasteiger partial charge in [-0.1, -0.05) is 66.7 Å². The van der Waals surface area contributed by atoms with Crippen molar-refractivity contribution in [3.05, 3.63) is 96.6 Å². The van der Waals surface area contributed by atoms with Crippen LogP contribution in [0.5, 0.6) is 0 Å². The molecule has 0 spiro atoms. The molecule has 41 heavy (non-hydrogen) atoms. The highest BCUT2D eigenvalue weighted by Crippen LogP contribution is 2.28. The molecule has 4 rings (SSSR count). The molecule has 0 radical (unpaired) electrons. The largest absolute Gasteiger partial charge is 0.463 e. The number of ether oxygens (including phenoxy) is 1. The zero-order valence-electron chi connectivity index (χ0n) is 23.8. The van der Waals surface area contributed by atoms with Crippen LogP contribution in [0.25, 0.3) is 0 Å². The number of hydrogen-bond donors (Lipinski definition) is 1. The molecule has 0 unspecified atom stereocenters. The number of likely N-dealkylation sites (tertiary alicyclic amines) is 1. The Kier molecular flexibility index (Phi) is 10.9. The van der Waals surface area contributed by atoms with Crippen LogP contribution in [0.2, 0.25) is 0 Å². The second kappa shape index (κ2) is 14.8. The Labute approximate surface area is 243 Å². The van der Waals surface area contributed by atoms with Gasteiger partial charge in [0.1, 0.15) is 6.61 Å². The van der Waals surface area contributed by atoms with Gasteiger partial charge in [-0.2, -0.15) is 0 Å². The molecule has 2 aliphatic rings. The van der Waals surface area contributed by atoms with Crippen LogP contribution >= 0.6 is 0 Å². The number of carbonyl (C=O) groups excluding carboxylic acids is 3. The quantitative estimate of drug-likeness (QED) is 0.289. The van der Waals surface area contributed by atoms with Crippen LogP contribution in [-0.4, -0.2) is 64.5 Å². The highest BCUT2D eigenvalue weighted by molar-refractivity contribution is 5.86. The molecule has 0 saturated carbocycles. The SMILES string of the molecule is C=CC[C@@H](Cc1ccccc1)C(=O)OC[C@@H]1CCCN1C(=O)[C@H](CC=C)CC(=O)N1Cc2ccccc2C[C@H]1CO. The van der Waals surface area contributed by atoms with Gasteiger partial charge in [0.05, 0.1) is 30.5 Å². The Hall–Kier alpha value is -3.71. The van der Waals surface area contributed by atoms with Gasteiger partial charge in [-0.05, 0) is 55.2 Å². The number of rotatable bonds is 13. The van der Waals surface area contributed by atoms with Gasteiger partial charge in [0, 0.05) is 19.5 Å². The molecular formula is C34H42N2O5. The molecule has 4 atom stereocenters. The highest BCUT2D eigenvalue weighted by atomic mass is 16.5. The zero-order valence-corrected chi connectivity index (χ0v) is 23.8. The Morgan fingerprint density at radius 2 is 1.61 bits per heavy atom. The average molecular weight is 559 g/mol. The molecule has 0 bridgehead atoms. The van der Waals surface area contributed by atoms with Crippen molar-refractivity contribution in [3.63, 3.8) is 0 Å². The second-order valence-electron chi connectivity index (χ2n) is 11.1. The fraction of sp³-hybridized carbons (Fsp3) is 0.441. The number of aliphatic hydroxyl groups is 1. The lowest BCUT2D eigenvalue weighted by Crippen LogP contribution is -2.48. The van der Waals surface area contributed by atoms with E-state index in [2.05, 4.69) is 13.2 Å². The number of hydrogen-bond acceptors (Lipinski definition) is 5. The van der Waals surface area contributed by atoms with E-state index >= 15 is 0 Å². The van der Waals surface area contributed by atoms with E-state index in [4.69, 9.17) is 4.74 Å². The summed E-state index contributed by atoms with van der Waals surface area (Å²) < 4.78 is 5.77. The summed E-state index contributed by atoms with van der Waals surface area (Å²) in [4.78, 5) is 43.7. The van der Waals surface area contributed by atoms with E-state index in [1.165, 1.54) is 0 Å². The molecule has 1 saturated heterocycles. The van der Waals surface area contributed by atoms with Crippen LogP contribution in [0.3, 0.4) is 0 Å². The number of esters is 1. The lowest BCUT2D eigenvalue weighted by molar-refractivity contribution is -0.152. The Morgan fingerprint density at radius 3 is 2.32 bits per heavy atom. The van der Waals surface area contributed by atoms with Gasteiger partial charge in [-0.15, -0.1) is 13.2 Å². The first-order valence-corrected chi connectivity index (χ1v) is 14.6. The summed E-state index contributed by atoms with van der Waals surface area (Å²) in [6.07, 6.45) is 7.07. The summed E-state index contributed by atoms with van der Waals surface area (Å²) in [5, 5.41) is 10.0. The smallest absolute Gasteiger partial charge is 0.309 e. The number of nitrogens with zero attached hydrogens (tertiary/aromatic N) is 2. The summed E-state index contributed by atoms with van der Waals surface area (Å²) in [5.41, 5.74) is 3.27. The van der Waals surface area contributed by atoms with Crippen LogP contribution in [0.15, 0.2) is 79.9 Å². The van der Waals surface area contributed by atoms with Gasteiger partial charge >= 0.3 is 5.97 Å². The fourth-order valence-corrected chi connectivity index (χ4v) is 6.04. The van der Waals surface area contributed by atoms with Crippen molar-refractivity contribution in [2.75, 3.05) is 19.8 Å². The minimum absolute atomic E-state index is 0.0466. The van der Waals surface area contributed by atoms with E-state index in [-0.39, 0.29) is 55.4 Å². The third kappa shape index (κ3) is 7.73. The number of carbonyl (C=O) groups is 3. The number of fused-ring (bicyclic) bond motifs is 1. The first kappa shape index (κ1) is 30.3. The van der Waals surface area contributed by atoms with Crippen LogP contribution < -0.4 is 0 Å². The minimum Gasteiger partial charge on any atom is -0.463 e. The van der Waals surface area contributed by atoms with E-state index in [1.807, 2.05) is 54.6 Å². The first-order chi connectivity index (χ1) is 19.9. The van der Waals surface area contributed by atoms with Gasteiger partial charge in [-0.25, -0.2) is 0 Å². The summed E-state index contributed by atoms with van der Waals surface area (Å²) >= 11 is 0. The number of benzene rings is 2. The highest BCUT2D eigenvalue weighted by Gasteiger charge is 2.37. The van der Waals surface area contributed by atoms with Gasteiger partial charge in [-0.3, -0.25) is 14.4 Å². The van der Waals surface area contributed by atoms with Crippen LogP contribution in [0, 0.1) is 11.8 Å². The summed E-state index contributed by atoms with van der Waals surface area (Å²) in [6, 6.07) is 17.3. The van der Waals surface area contributed by atoms with Crippen molar-refractivity contribution < 1.29 is 24.2 Å². The average Bonchev–Trinajstić information content (AvgIpc) is 3.47. The predicted molar refractivity (Wildman–Crippen MR) is 159 cm³/mol. The molecule has 2 aromatic rings. The molecule has 218 valence electrons. The van der Waals surface area contributed by atoms with Crippen molar-refractivity contribution >= 4 is 17.8 Å². The molecular weight excluding hydrogens is 516 g/mol. The van der Waals surface area contributed by atoms with Crippen molar-refractivity contribution in [1.29, 1.82) is 0 Å². The molecule has 1 fully saturated rings. The lowest BCUT2D eigenvalue weighted by Gasteiger charge is -2.37. The van der Waals surface area contributed by atoms with E-state index in [1.54, 1.807) is 22.0 Å². The third-order valence-electron chi connectivity index (χ3n) is 8.30. The Balaban J connectivity index is 1.38. The molecule has 2 heterocycles. The van der Waals surface area contributed by atoms with Crippen molar-refractivity contribution in [3.8, 4) is 0 Å². The number of amides is 2. The molecule has 2 aliphatic heterocycles. The van der Waals surface area contributed by atoms with Crippen LogP contribution in [0.1, 0.15) is 48.8 Å². The number of allylic oxidation sites excluding steroid dienone is 2. The van der Waals surface area contributed by atoms with Crippen LogP contribution in [-0.2, 0) is 38.5 Å². The van der Waals surface area contributed by atoms with E-state index in [9.17, 15) is 19.5 Å². The van der Waals surface area contributed by atoms with Crippen molar-refractivity contribution in [2.24, 2.45) is 11.8 Å². The van der Waals surface area contributed by atoms with Crippen LogP contribution in [0.4, 0.5) is 0 Å². The molecule has 7 nitrogen and oxygen atoms in total. The molecule has 2 amide bonds. The first-order valence-electron chi connectivity index (χ1n) is 14.6. The molecule has 0 aliphatic carbocycles. The third-order valence-corrected chi connectivity index (χ3v) is 8.30. The van der Waals surface area contributed by atoms with E-state index in [0.29, 0.717) is 38.8 Å². The zero-order chi connectivity index (χ0) is 29.2. The van der Waals surface area contributed by atoms with E-state index in [0.717, 1.165) is 29.5 Å². The topological polar surface area (TPSA) is 87.2 Å². The van der Waals surface area contributed by atoms with Gasteiger partial charge in [0.25, 0.3) is 0 Å². The van der Waals surface area contributed by atoms with Crippen molar-refractivity contribution in [1.82, 2.24) is 9.80 Å². The van der Waals surface area contributed by atoms with Gasteiger partial charge in [0.2, 0.25) is 11.8 Å². The normalized spacial score (nSPS) is 19.6. The molecule has 0 aromatic heterocycles. The maximum atomic E-state index is 13.7. The van der Waals surface area contributed by atoms with Gasteiger partial charge < -0.3 is 19.6 Å². The summed E-state index contributed by atoms with van der Waals surface area (Å²) in [6.45, 7) is 8.63. The maximum Gasteiger partial charge on any atom is 0.309 e. The minimum atomic E-state index is -0.556. The summed E-state index contributed by atoms with van der Waals surface area (Å²) in [5.74, 6) is -1.43. The second-order valence-corrected chi connectivity index (χ2v) is 11.1. The lowest BCUT2D eigenvalue weighted by atomic mass is 9.92. The number of aliphatic hydroxyl groups excluding tert-OH is 1. The Bertz CT molecular complexity index is 1210. The molecule has 7 heteroatoms.